The summed E-state index contributed by atoms with van der Waals surface area (Å²) < 4.78 is 2.00. The van der Waals surface area contributed by atoms with Gasteiger partial charge in [-0.3, -0.25) is 9.36 Å². The molecule has 0 aliphatic carbocycles. The second-order valence-corrected chi connectivity index (χ2v) is 6.54. The van der Waals surface area contributed by atoms with Gasteiger partial charge < -0.3 is 0 Å². The van der Waals surface area contributed by atoms with Gasteiger partial charge >= 0.3 is 0 Å². The Morgan fingerprint density at radius 3 is 1.93 bits per heavy atom. The number of rotatable bonds is 4. The van der Waals surface area contributed by atoms with E-state index in [1.54, 1.807) is 6.92 Å². The first-order chi connectivity index (χ1) is 13.2. The number of aromatic nitrogens is 2. The van der Waals surface area contributed by atoms with Crippen molar-refractivity contribution < 1.29 is 4.79 Å². The van der Waals surface area contributed by atoms with E-state index in [4.69, 9.17) is 4.98 Å². The van der Waals surface area contributed by atoms with Gasteiger partial charge in [0.1, 0.15) is 17.2 Å². The fraction of sp³-hybridized carbons (Fsp3) is 0.0833. The van der Waals surface area contributed by atoms with Gasteiger partial charge in [0.15, 0.2) is 5.78 Å². The Bertz CT molecular complexity index is 1100. The average molecular weight is 352 g/mol. The maximum absolute atomic E-state index is 12.7. The van der Waals surface area contributed by atoms with Crippen LogP contribution in [-0.4, -0.2) is 15.3 Å². The van der Waals surface area contributed by atoms with E-state index in [9.17, 15) is 4.79 Å². The van der Waals surface area contributed by atoms with Crippen molar-refractivity contribution in [3.05, 3.63) is 96.2 Å². The van der Waals surface area contributed by atoms with Crippen LogP contribution in [-0.2, 0) is 0 Å². The van der Waals surface area contributed by atoms with Crippen molar-refractivity contribution in [1.82, 2.24) is 9.55 Å². The fourth-order valence-corrected chi connectivity index (χ4v) is 3.37. The molecule has 0 saturated carbocycles. The van der Waals surface area contributed by atoms with Gasteiger partial charge in [-0.15, -0.1) is 0 Å². The number of hydrogen-bond donors (Lipinski definition) is 0. The van der Waals surface area contributed by atoms with Gasteiger partial charge in [-0.1, -0.05) is 78.9 Å². The van der Waals surface area contributed by atoms with Gasteiger partial charge in [-0.25, -0.2) is 4.98 Å². The van der Waals surface area contributed by atoms with Gasteiger partial charge in [-0.05, 0) is 18.6 Å². The molecule has 0 spiro atoms. The molecule has 0 aliphatic rings. The third kappa shape index (κ3) is 3.08. The highest BCUT2D eigenvalue weighted by molar-refractivity contribution is 6.00. The van der Waals surface area contributed by atoms with Gasteiger partial charge in [0.2, 0.25) is 0 Å². The highest BCUT2D eigenvalue weighted by Crippen LogP contribution is 2.33. The standard InChI is InChI=1S/C24H20N2O/c1-17-11-9-10-16-21(17)26-23(18(2)27)22(19-12-5-3-6-13-19)25-24(26)20-14-7-4-8-15-20/h3-16H,1-2H3. The minimum absolute atomic E-state index is 0.00760. The van der Waals surface area contributed by atoms with E-state index in [1.807, 2.05) is 83.4 Å². The van der Waals surface area contributed by atoms with Crippen LogP contribution in [0.1, 0.15) is 23.0 Å². The summed E-state index contributed by atoms with van der Waals surface area (Å²) in [6.07, 6.45) is 0. The van der Waals surface area contributed by atoms with Crippen LogP contribution in [0.15, 0.2) is 84.9 Å². The largest absolute Gasteiger partial charge is 0.293 e. The minimum atomic E-state index is -0.00760. The number of benzene rings is 3. The number of aryl methyl sites for hydroxylation is 1. The number of para-hydroxylation sites is 1. The molecule has 0 fully saturated rings. The Kier molecular flexibility index (Phi) is 4.43. The van der Waals surface area contributed by atoms with E-state index in [-0.39, 0.29) is 5.78 Å². The first-order valence-electron chi connectivity index (χ1n) is 8.97. The highest BCUT2D eigenvalue weighted by atomic mass is 16.1. The van der Waals surface area contributed by atoms with E-state index in [0.717, 1.165) is 28.2 Å². The quantitative estimate of drug-likeness (QED) is 0.440. The van der Waals surface area contributed by atoms with E-state index in [0.29, 0.717) is 11.4 Å². The number of imidazole rings is 1. The predicted octanol–water partition coefficient (Wildman–Crippen LogP) is 5.72. The van der Waals surface area contributed by atoms with Crippen LogP contribution in [0.2, 0.25) is 0 Å². The molecule has 132 valence electrons. The molecule has 0 saturated heterocycles. The Hall–Kier alpha value is -3.46. The molecule has 0 aliphatic heterocycles. The second kappa shape index (κ2) is 7.04. The molecule has 27 heavy (non-hydrogen) atoms. The molecular formula is C24H20N2O. The molecule has 0 radical (unpaired) electrons. The maximum atomic E-state index is 12.7. The molecular weight excluding hydrogens is 332 g/mol. The number of carbonyl (C=O) groups is 1. The normalized spacial score (nSPS) is 10.7. The lowest BCUT2D eigenvalue weighted by molar-refractivity contribution is 0.101. The third-order valence-electron chi connectivity index (χ3n) is 4.65. The summed E-state index contributed by atoms with van der Waals surface area (Å²) in [6.45, 7) is 3.66. The molecule has 3 heteroatoms. The Labute approximate surface area is 158 Å². The number of ketones is 1. The maximum Gasteiger partial charge on any atom is 0.178 e. The van der Waals surface area contributed by atoms with E-state index >= 15 is 0 Å². The van der Waals surface area contributed by atoms with Crippen molar-refractivity contribution in [2.75, 3.05) is 0 Å². The van der Waals surface area contributed by atoms with Crippen LogP contribution in [0.3, 0.4) is 0 Å². The van der Waals surface area contributed by atoms with Crippen molar-refractivity contribution in [3.8, 4) is 28.3 Å². The van der Waals surface area contributed by atoms with Gasteiger partial charge in [0.25, 0.3) is 0 Å². The molecule has 0 atom stereocenters. The van der Waals surface area contributed by atoms with Crippen molar-refractivity contribution in [1.29, 1.82) is 0 Å². The number of hydrogen-bond acceptors (Lipinski definition) is 2. The summed E-state index contributed by atoms with van der Waals surface area (Å²) in [5.41, 5.74) is 5.29. The molecule has 0 amide bonds. The van der Waals surface area contributed by atoms with E-state index in [1.165, 1.54) is 0 Å². The van der Waals surface area contributed by atoms with Crippen LogP contribution in [0.4, 0.5) is 0 Å². The zero-order valence-corrected chi connectivity index (χ0v) is 15.4. The third-order valence-corrected chi connectivity index (χ3v) is 4.65. The molecule has 4 rings (SSSR count). The van der Waals surface area contributed by atoms with Crippen molar-refractivity contribution >= 4 is 5.78 Å². The summed E-state index contributed by atoms with van der Waals surface area (Å²) in [6, 6.07) is 28.0. The SMILES string of the molecule is CC(=O)c1c(-c2ccccc2)nc(-c2ccccc2)n1-c1ccccc1C. The van der Waals surface area contributed by atoms with E-state index < -0.39 is 0 Å². The summed E-state index contributed by atoms with van der Waals surface area (Å²) in [7, 11) is 0. The fourth-order valence-electron chi connectivity index (χ4n) is 3.37. The first kappa shape index (κ1) is 17.0. The van der Waals surface area contributed by atoms with Crippen LogP contribution in [0.25, 0.3) is 28.3 Å². The average Bonchev–Trinajstić information content (AvgIpc) is 3.10. The summed E-state index contributed by atoms with van der Waals surface area (Å²) in [5, 5.41) is 0. The smallest absolute Gasteiger partial charge is 0.178 e. The second-order valence-electron chi connectivity index (χ2n) is 6.54. The van der Waals surface area contributed by atoms with Gasteiger partial charge in [0.05, 0.1) is 5.69 Å². The zero-order valence-electron chi connectivity index (χ0n) is 15.4. The van der Waals surface area contributed by atoms with Gasteiger partial charge in [0, 0.05) is 18.1 Å². The molecule has 3 nitrogen and oxygen atoms in total. The van der Waals surface area contributed by atoms with Crippen LogP contribution in [0.5, 0.6) is 0 Å². The Morgan fingerprint density at radius 2 is 1.33 bits per heavy atom. The Balaban J connectivity index is 2.10. The van der Waals surface area contributed by atoms with Crippen LogP contribution >= 0.6 is 0 Å². The van der Waals surface area contributed by atoms with Crippen molar-refractivity contribution in [3.63, 3.8) is 0 Å². The zero-order chi connectivity index (χ0) is 18.8. The summed E-state index contributed by atoms with van der Waals surface area (Å²) >= 11 is 0. The molecule has 1 aromatic heterocycles. The minimum Gasteiger partial charge on any atom is -0.293 e. The van der Waals surface area contributed by atoms with E-state index in [2.05, 4.69) is 13.0 Å². The van der Waals surface area contributed by atoms with Crippen LogP contribution < -0.4 is 0 Å². The topological polar surface area (TPSA) is 34.9 Å². The molecule has 1 heterocycles. The molecule has 3 aromatic carbocycles. The summed E-state index contributed by atoms with van der Waals surface area (Å²) in [5.74, 6) is 0.765. The monoisotopic (exact) mass is 352 g/mol. The molecule has 0 N–H and O–H groups in total. The number of Topliss-reactive ketones (excluding diaryl/α,β-unsaturated/α-hetero) is 1. The number of carbonyl (C=O) groups excluding carboxylic acids is 1. The lowest BCUT2D eigenvalue weighted by atomic mass is 10.1. The molecule has 4 aromatic rings. The summed E-state index contributed by atoms with van der Waals surface area (Å²) in [4.78, 5) is 17.7. The molecule has 0 unspecified atom stereocenters. The lowest BCUT2D eigenvalue weighted by Crippen LogP contribution is -2.08. The van der Waals surface area contributed by atoms with Crippen LogP contribution in [0, 0.1) is 6.92 Å². The van der Waals surface area contributed by atoms with Crippen molar-refractivity contribution in [2.45, 2.75) is 13.8 Å². The highest BCUT2D eigenvalue weighted by Gasteiger charge is 2.24. The van der Waals surface area contributed by atoms with Crippen molar-refractivity contribution in [2.24, 2.45) is 0 Å². The lowest BCUT2D eigenvalue weighted by Gasteiger charge is -2.14. The Morgan fingerprint density at radius 1 is 0.778 bits per heavy atom. The molecule has 0 bridgehead atoms. The number of nitrogens with zero attached hydrogens (tertiary/aromatic N) is 2. The first-order valence-corrected chi connectivity index (χ1v) is 8.97. The van der Waals surface area contributed by atoms with Gasteiger partial charge in [-0.2, -0.15) is 0 Å². The predicted molar refractivity (Wildman–Crippen MR) is 109 cm³/mol.